The van der Waals surface area contributed by atoms with Crippen molar-refractivity contribution in [1.82, 2.24) is 9.97 Å². The highest BCUT2D eigenvalue weighted by molar-refractivity contribution is 5.56. The Labute approximate surface area is 103 Å². The molecule has 0 aliphatic heterocycles. The van der Waals surface area contributed by atoms with Crippen molar-refractivity contribution in [1.29, 1.82) is 0 Å². The summed E-state index contributed by atoms with van der Waals surface area (Å²) in [5.74, 6) is 2.76. The van der Waals surface area contributed by atoms with Gasteiger partial charge in [-0.05, 0) is 39.0 Å². The molecule has 1 heterocycles. The Morgan fingerprint density at radius 3 is 2.71 bits per heavy atom. The number of nitrogens with one attached hydrogen (secondary N) is 2. The standard InChI is InChI=1S/C13H22N4/c1-4-14-12-10(3)13(16-8-15-12)17-11-6-5-9(2)7-11/h8-9,11H,4-7H2,1-3H3,(H2,14,15,16,17). The Bertz CT molecular complexity index is 378. The van der Waals surface area contributed by atoms with Crippen molar-refractivity contribution in [2.45, 2.75) is 46.1 Å². The van der Waals surface area contributed by atoms with Crippen LogP contribution in [-0.4, -0.2) is 22.6 Å². The number of rotatable bonds is 4. The van der Waals surface area contributed by atoms with Crippen molar-refractivity contribution in [3.63, 3.8) is 0 Å². The lowest BCUT2D eigenvalue weighted by molar-refractivity contribution is 0.602. The van der Waals surface area contributed by atoms with E-state index < -0.39 is 0 Å². The molecule has 0 saturated heterocycles. The van der Waals surface area contributed by atoms with Gasteiger partial charge in [0.2, 0.25) is 0 Å². The van der Waals surface area contributed by atoms with Gasteiger partial charge in [0.1, 0.15) is 18.0 Å². The van der Waals surface area contributed by atoms with Crippen LogP contribution in [0.4, 0.5) is 11.6 Å². The average Bonchev–Trinajstić information content (AvgIpc) is 2.70. The summed E-state index contributed by atoms with van der Waals surface area (Å²) < 4.78 is 0. The van der Waals surface area contributed by atoms with E-state index in [0.717, 1.165) is 29.7 Å². The average molecular weight is 234 g/mol. The Morgan fingerprint density at radius 2 is 2.06 bits per heavy atom. The van der Waals surface area contributed by atoms with Crippen molar-refractivity contribution < 1.29 is 0 Å². The van der Waals surface area contributed by atoms with Gasteiger partial charge in [0.25, 0.3) is 0 Å². The van der Waals surface area contributed by atoms with Crippen molar-refractivity contribution in [3.8, 4) is 0 Å². The first-order valence-electron chi connectivity index (χ1n) is 6.52. The highest BCUT2D eigenvalue weighted by Crippen LogP contribution is 2.28. The van der Waals surface area contributed by atoms with Crippen LogP contribution in [0.5, 0.6) is 0 Å². The first kappa shape index (κ1) is 12.1. The number of nitrogens with zero attached hydrogens (tertiary/aromatic N) is 2. The first-order valence-corrected chi connectivity index (χ1v) is 6.52. The van der Waals surface area contributed by atoms with E-state index in [-0.39, 0.29) is 0 Å². The zero-order valence-corrected chi connectivity index (χ0v) is 11.0. The molecule has 94 valence electrons. The molecule has 0 radical (unpaired) electrons. The highest BCUT2D eigenvalue weighted by Gasteiger charge is 2.22. The minimum absolute atomic E-state index is 0.577. The Balaban J connectivity index is 2.07. The van der Waals surface area contributed by atoms with Gasteiger partial charge in [0.05, 0.1) is 0 Å². The monoisotopic (exact) mass is 234 g/mol. The lowest BCUT2D eigenvalue weighted by atomic mass is 10.1. The molecule has 1 aliphatic carbocycles. The Kier molecular flexibility index (Phi) is 3.82. The number of hydrogen-bond donors (Lipinski definition) is 2. The van der Waals surface area contributed by atoms with E-state index in [1.54, 1.807) is 6.33 Å². The van der Waals surface area contributed by atoms with E-state index in [2.05, 4.69) is 41.4 Å². The third-order valence-corrected chi connectivity index (χ3v) is 3.46. The SMILES string of the molecule is CCNc1ncnc(NC2CCC(C)C2)c1C. The van der Waals surface area contributed by atoms with Crippen LogP contribution in [0.1, 0.15) is 38.7 Å². The molecule has 1 saturated carbocycles. The lowest BCUT2D eigenvalue weighted by Crippen LogP contribution is -2.18. The number of anilines is 2. The van der Waals surface area contributed by atoms with Gasteiger partial charge in [-0.15, -0.1) is 0 Å². The molecular weight excluding hydrogens is 212 g/mol. The molecular formula is C13H22N4. The molecule has 2 rings (SSSR count). The van der Waals surface area contributed by atoms with Crippen LogP contribution in [0.2, 0.25) is 0 Å². The second-order valence-corrected chi connectivity index (χ2v) is 4.99. The zero-order chi connectivity index (χ0) is 12.3. The quantitative estimate of drug-likeness (QED) is 0.841. The van der Waals surface area contributed by atoms with Gasteiger partial charge >= 0.3 is 0 Å². The number of hydrogen-bond acceptors (Lipinski definition) is 4. The molecule has 0 amide bonds. The molecule has 2 N–H and O–H groups in total. The fourth-order valence-corrected chi connectivity index (χ4v) is 2.47. The largest absolute Gasteiger partial charge is 0.370 e. The summed E-state index contributed by atoms with van der Waals surface area (Å²) >= 11 is 0. The minimum atomic E-state index is 0.577. The van der Waals surface area contributed by atoms with Gasteiger partial charge in [-0.2, -0.15) is 0 Å². The second kappa shape index (κ2) is 5.34. The summed E-state index contributed by atoms with van der Waals surface area (Å²) in [5, 5.41) is 6.81. The van der Waals surface area contributed by atoms with Crippen molar-refractivity contribution in [2.24, 2.45) is 5.92 Å². The summed E-state index contributed by atoms with van der Waals surface area (Å²) in [7, 11) is 0. The van der Waals surface area contributed by atoms with Gasteiger partial charge in [-0.25, -0.2) is 9.97 Å². The molecule has 2 unspecified atom stereocenters. The van der Waals surface area contributed by atoms with Crippen LogP contribution >= 0.6 is 0 Å². The van der Waals surface area contributed by atoms with Crippen LogP contribution in [-0.2, 0) is 0 Å². The van der Waals surface area contributed by atoms with E-state index in [9.17, 15) is 0 Å². The maximum atomic E-state index is 4.35. The van der Waals surface area contributed by atoms with Crippen molar-refractivity contribution in [3.05, 3.63) is 11.9 Å². The normalized spacial score (nSPS) is 23.7. The highest BCUT2D eigenvalue weighted by atomic mass is 15.1. The molecule has 0 spiro atoms. The van der Waals surface area contributed by atoms with Gasteiger partial charge < -0.3 is 10.6 Å². The van der Waals surface area contributed by atoms with E-state index >= 15 is 0 Å². The van der Waals surface area contributed by atoms with E-state index in [1.165, 1.54) is 19.3 Å². The van der Waals surface area contributed by atoms with Gasteiger partial charge in [-0.3, -0.25) is 0 Å². The fraction of sp³-hybridized carbons (Fsp3) is 0.692. The van der Waals surface area contributed by atoms with Crippen LogP contribution in [0, 0.1) is 12.8 Å². The minimum Gasteiger partial charge on any atom is -0.370 e. The zero-order valence-electron chi connectivity index (χ0n) is 11.0. The van der Waals surface area contributed by atoms with Crippen LogP contribution in [0.25, 0.3) is 0 Å². The molecule has 17 heavy (non-hydrogen) atoms. The summed E-state index contributed by atoms with van der Waals surface area (Å²) in [4.78, 5) is 8.60. The lowest BCUT2D eigenvalue weighted by Gasteiger charge is -2.16. The summed E-state index contributed by atoms with van der Waals surface area (Å²) in [6, 6.07) is 0.577. The number of aromatic nitrogens is 2. The molecule has 1 aromatic heterocycles. The second-order valence-electron chi connectivity index (χ2n) is 4.99. The van der Waals surface area contributed by atoms with Crippen molar-refractivity contribution >= 4 is 11.6 Å². The predicted octanol–water partition coefficient (Wildman–Crippen LogP) is 2.82. The first-order chi connectivity index (χ1) is 8.20. The molecule has 1 aliphatic rings. The van der Waals surface area contributed by atoms with Crippen LogP contribution in [0.3, 0.4) is 0 Å². The molecule has 4 nitrogen and oxygen atoms in total. The molecule has 0 aromatic carbocycles. The third-order valence-electron chi connectivity index (χ3n) is 3.46. The summed E-state index contributed by atoms with van der Waals surface area (Å²) in [5.41, 5.74) is 1.12. The van der Waals surface area contributed by atoms with Crippen molar-refractivity contribution in [2.75, 3.05) is 17.2 Å². The maximum Gasteiger partial charge on any atom is 0.134 e. The van der Waals surface area contributed by atoms with E-state index in [0.29, 0.717) is 6.04 Å². The molecule has 2 atom stereocenters. The van der Waals surface area contributed by atoms with E-state index in [4.69, 9.17) is 0 Å². The molecule has 1 fully saturated rings. The third kappa shape index (κ3) is 2.87. The summed E-state index contributed by atoms with van der Waals surface area (Å²) in [6.07, 6.45) is 5.45. The van der Waals surface area contributed by atoms with Gasteiger partial charge in [-0.1, -0.05) is 6.92 Å². The van der Waals surface area contributed by atoms with E-state index in [1.807, 2.05) is 0 Å². The predicted molar refractivity (Wildman–Crippen MR) is 71.4 cm³/mol. The molecule has 1 aromatic rings. The maximum absolute atomic E-state index is 4.35. The fourth-order valence-electron chi connectivity index (χ4n) is 2.47. The van der Waals surface area contributed by atoms with Gasteiger partial charge in [0, 0.05) is 18.2 Å². The Morgan fingerprint density at radius 1 is 1.29 bits per heavy atom. The summed E-state index contributed by atoms with van der Waals surface area (Å²) in [6.45, 7) is 7.35. The van der Waals surface area contributed by atoms with Crippen LogP contribution < -0.4 is 10.6 Å². The topological polar surface area (TPSA) is 49.8 Å². The van der Waals surface area contributed by atoms with Crippen LogP contribution in [0.15, 0.2) is 6.33 Å². The molecule has 4 heteroatoms. The van der Waals surface area contributed by atoms with Gasteiger partial charge in [0.15, 0.2) is 0 Å². The Hall–Kier alpha value is -1.32. The smallest absolute Gasteiger partial charge is 0.134 e. The molecule has 0 bridgehead atoms.